The number of aliphatic hydroxyl groups excluding tert-OH is 1. The predicted octanol–water partition coefficient (Wildman–Crippen LogP) is 2.08. The van der Waals surface area contributed by atoms with Crippen LogP contribution in [0.25, 0.3) is 11.3 Å². The van der Waals surface area contributed by atoms with Crippen LogP contribution < -0.4 is 10.1 Å². The van der Waals surface area contributed by atoms with Gasteiger partial charge in [0.25, 0.3) is 0 Å². The molecule has 168 valence electrons. The van der Waals surface area contributed by atoms with E-state index in [2.05, 4.69) is 20.3 Å². The number of nitrogens with zero attached hydrogens (tertiary/aromatic N) is 3. The van der Waals surface area contributed by atoms with Crippen LogP contribution in [0.4, 0.5) is 14.6 Å². The number of nitrogens with one attached hydrogen (secondary N) is 1. The summed E-state index contributed by atoms with van der Waals surface area (Å²) in [5.74, 6) is -0.842. The topological polar surface area (TPSA) is 128 Å². The van der Waals surface area contributed by atoms with E-state index in [4.69, 9.17) is 0 Å². The molecule has 31 heavy (non-hydrogen) atoms. The smallest absolute Gasteiger partial charge is 0.387 e. The van der Waals surface area contributed by atoms with Crippen molar-refractivity contribution >= 4 is 11.8 Å². The number of piperidine rings is 1. The van der Waals surface area contributed by atoms with Crippen LogP contribution in [0.5, 0.6) is 11.5 Å². The molecule has 0 bridgehead atoms. The molecule has 3 rings (SSSR count). The number of benzene rings is 1. The van der Waals surface area contributed by atoms with Gasteiger partial charge in [0.2, 0.25) is 0 Å². The van der Waals surface area contributed by atoms with E-state index in [1.54, 1.807) is 17.9 Å². The molecule has 2 unspecified atom stereocenters. The number of halogens is 2. The summed E-state index contributed by atoms with van der Waals surface area (Å²) in [5.41, 5.74) is 1.42. The standard InChI is InChI=1S/C20H24F2N4O5/c1-11-8-17(23-12-2-5-15(19(29)30)26(10-12)6-7-27)24-25-18(11)14-4-3-13(9-16(14)28)31-20(21)22/h3-4,8-9,12,15,20,27-28H,2,5-7,10H2,1H3,(H,23,24)(H,29,30). The molecule has 2 atom stereocenters. The normalized spacial score (nSPS) is 19.4. The maximum absolute atomic E-state index is 12.3. The Balaban J connectivity index is 1.72. The molecular weight excluding hydrogens is 414 g/mol. The zero-order valence-electron chi connectivity index (χ0n) is 16.8. The molecule has 0 spiro atoms. The number of hydrogen-bond acceptors (Lipinski definition) is 8. The highest BCUT2D eigenvalue weighted by Gasteiger charge is 2.32. The molecular formula is C20H24F2N4O5. The van der Waals surface area contributed by atoms with E-state index in [0.29, 0.717) is 42.0 Å². The summed E-state index contributed by atoms with van der Waals surface area (Å²) in [7, 11) is 0. The lowest BCUT2D eigenvalue weighted by molar-refractivity contribution is -0.144. The lowest BCUT2D eigenvalue weighted by Crippen LogP contribution is -2.52. The molecule has 1 fully saturated rings. The van der Waals surface area contributed by atoms with Crippen LogP contribution >= 0.6 is 0 Å². The van der Waals surface area contributed by atoms with Gasteiger partial charge < -0.3 is 25.4 Å². The molecule has 1 aromatic heterocycles. The number of likely N-dealkylation sites (tertiary alicyclic amines) is 1. The van der Waals surface area contributed by atoms with E-state index >= 15 is 0 Å². The largest absolute Gasteiger partial charge is 0.507 e. The highest BCUT2D eigenvalue weighted by atomic mass is 19.3. The van der Waals surface area contributed by atoms with Gasteiger partial charge in [-0.15, -0.1) is 10.2 Å². The summed E-state index contributed by atoms with van der Waals surface area (Å²) in [6.07, 6.45) is 1.06. The number of aliphatic hydroxyl groups is 1. The zero-order chi connectivity index (χ0) is 22.5. The number of hydrogen-bond donors (Lipinski definition) is 4. The molecule has 0 aliphatic carbocycles. The molecule has 4 N–H and O–H groups in total. The highest BCUT2D eigenvalue weighted by Crippen LogP contribution is 2.34. The molecule has 11 heteroatoms. The Hall–Kier alpha value is -3.05. The Morgan fingerprint density at radius 2 is 2.10 bits per heavy atom. The van der Waals surface area contributed by atoms with Gasteiger partial charge in [0.15, 0.2) is 0 Å². The average Bonchev–Trinajstić information content (AvgIpc) is 2.69. The molecule has 1 aliphatic heterocycles. The molecule has 1 saturated heterocycles. The number of aliphatic carboxylic acids is 1. The third-order valence-electron chi connectivity index (χ3n) is 5.14. The van der Waals surface area contributed by atoms with Gasteiger partial charge in [0, 0.05) is 30.8 Å². The van der Waals surface area contributed by atoms with Gasteiger partial charge in [0.1, 0.15) is 23.4 Å². The van der Waals surface area contributed by atoms with Gasteiger partial charge in [-0.3, -0.25) is 9.69 Å². The number of aromatic hydroxyl groups is 1. The van der Waals surface area contributed by atoms with Crippen molar-refractivity contribution in [1.82, 2.24) is 15.1 Å². The van der Waals surface area contributed by atoms with Crippen molar-refractivity contribution in [3.05, 3.63) is 29.8 Å². The Bertz CT molecular complexity index is 930. The second-order valence-electron chi connectivity index (χ2n) is 7.31. The number of carboxylic acid groups (broad SMARTS) is 1. The molecule has 0 radical (unpaired) electrons. The maximum atomic E-state index is 12.3. The number of carboxylic acids is 1. The Morgan fingerprint density at radius 1 is 1.32 bits per heavy atom. The molecule has 0 saturated carbocycles. The van der Waals surface area contributed by atoms with Crippen molar-refractivity contribution in [3.63, 3.8) is 0 Å². The minimum atomic E-state index is -2.99. The van der Waals surface area contributed by atoms with E-state index in [9.17, 15) is 28.9 Å². The number of anilines is 1. The molecule has 9 nitrogen and oxygen atoms in total. The van der Waals surface area contributed by atoms with Crippen molar-refractivity contribution in [2.45, 2.75) is 38.5 Å². The zero-order valence-corrected chi connectivity index (χ0v) is 16.8. The number of carbonyl (C=O) groups is 1. The summed E-state index contributed by atoms with van der Waals surface area (Å²) in [4.78, 5) is 13.1. The molecule has 2 aromatic rings. The number of phenolic OH excluding ortho intramolecular Hbond substituents is 1. The lowest BCUT2D eigenvalue weighted by atomic mass is 9.98. The Kier molecular flexibility index (Phi) is 7.18. The van der Waals surface area contributed by atoms with Crippen molar-refractivity contribution < 1.29 is 33.6 Å². The number of phenols is 1. The van der Waals surface area contributed by atoms with Crippen LogP contribution in [0, 0.1) is 6.92 Å². The third-order valence-corrected chi connectivity index (χ3v) is 5.14. The van der Waals surface area contributed by atoms with Crippen LogP contribution in [0.15, 0.2) is 24.3 Å². The maximum Gasteiger partial charge on any atom is 0.387 e. The van der Waals surface area contributed by atoms with Gasteiger partial charge >= 0.3 is 12.6 Å². The predicted molar refractivity (Wildman–Crippen MR) is 107 cm³/mol. The molecule has 1 aromatic carbocycles. The fourth-order valence-electron chi connectivity index (χ4n) is 3.74. The highest BCUT2D eigenvalue weighted by molar-refractivity contribution is 5.73. The molecule has 0 amide bonds. The number of rotatable bonds is 8. The first-order valence-corrected chi connectivity index (χ1v) is 9.75. The fourth-order valence-corrected chi connectivity index (χ4v) is 3.74. The minimum Gasteiger partial charge on any atom is -0.507 e. The van der Waals surface area contributed by atoms with Gasteiger partial charge in [-0.05, 0) is 43.5 Å². The summed E-state index contributed by atoms with van der Waals surface area (Å²) >= 11 is 0. The number of β-amino-alcohol motifs (C(OH)–C–C–N with tert-alkyl or cyclic N) is 1. The Labute approximate surface area is 177 Å². The third kappa shape index (κ3) is 5.56. The van der Waals surface area contributed by atoms with Crippen LogP contribution in [0.1, 0.15) is 18.4 Å². The van der Waals surface area contributed by atoms with Crippen molar-refractivity contribution in [3.8, 4) is 22.8 Å². The second-order valence-corrected chi connectivity index (χ2v) is 7.31. The summed E-state index contributed by atoms with van der Waals surface area (Å²) < 4.78 is 28.9. The second kappa shape index (κ2) is 9.84. The number of aryl methyl sites for hydroxylation is 1. The monoisotopic (exact) mass is 438 g/mol. The minimum absolute atomic E-state index is 0.0686. The Morgan fingerprint density at radius 3 is 2.71 bits per heavy atom. The van der Waals surface area contributed by atoms with Crippen molar-refractivity contribution in [1.29, 1.82) is 0 Å². The van der Waals surface area contributed by atoms with E-state index in [1.165, 1.54) is 12.1 Å². The number of alkyl halides is 2. The first kappa shape index (κ1) is 22.6. The van der Waals surface area contributed by atoms with E-state index in [-0.39, 0.29) is 30.7 Å². The van der Waals surface area contributed by atoms with Crippen molar-refractivity contribution in [2.75, 3.05) is 25.0 Å². The van der Waals surface area contributed by atoms with E-state index in [0.717, 1.165) is 6.07 Å². The van der Waals surface area contributed by atoms with Gasteiger partial charge in [-0.1, -0.05) is 0 Å². The van der Waals surface area contributed by atoms with Crippen molar-refractivity contribution in [2.24, 2.45) is 0 Å². The van der Waals surface area contributed by atoms with Crippen LogP contribution in [-0.4, -0.2) is 74.8 Å². The van der Waals surface area contributed by atoms with Crippen LogP contribution in [0.3, 0.4) is 0 Å². The average molecular weight is 438 g/mol. The van der Waals surface area contributed by atoms with E-state index in [1.807, 2.05) is 0 Å². The van der Waals surface area contributed by atoms with Gasteiger partial charge in [0.05, 0.1) is 12.3 Å². The first-order chi connectivity index (χ1) is 14.8. The first-order valence-electron chi connectivity index (χ1n) is 9.75. The number of ether oxygens (including phenoxy) is 1. The van der Waals surface area contributed by atoms with Gasteiger partial charge in [-0.25, -0.2) is 0 Å². The van der Waals surface area contributed by atoms with Gasteiger partial charge in [-0.2, -0.15) is 8.78 Å². The summed E-state index contributed by atoms with van der Waals surface area (Å²) in [6.45, 7) is -0.641. The van der Waals surface area contributed by atoms with Crippen LogP contribution in [-0.2, 0) is 4.79 Å². The molecule has 2 heterocycles. The molecule has 1 aliphatic rings. The summed E-state index contributed by atoms with van der Waals surface area (Å²) in [5, 5.41) is 40.3. The summed E-state index contributed by atoms with van der Waals surface area (Å²) in [6, 6.07) is 4.87. The SMILES string of the molecule is Cc1cc(NC2CCC(C(=O)O)N(CCO)C2)nnc1-c1ccc(OC(F)F)cc1O. The lowest BCUT2D eigenvalue weighted by Gasteiger charge is -2.37. The van der Waals surface area contributed by atoms with E-state index < -0.39 is 18.6 Å². The number of aromatic nitrogens is 2. The van der Waals surface area contributed by atoms with Crippen LogP contribution in [0.2, 0.25) is 0 Å². The fraction of sp³-hybridized carbons (Fsp3) is 0.450. The quantitative estimate of drug-likeness (QED) is 0.490.